The lowest BCUT2D eigenvalue weighted by molar-refractivity contribution is 0.279. The Morgan fingerprint density at radius 2 is 2.10 bits per heavy atom. The zero-order valence-corrected chi connectivity index (χ0v) is 7.22. The average Bonchev–Trinajstić information content (AvgIpc) is 1.82. The maximum Gasteiger partial charge on any atom is 0.0431 e. The summed E-state index contributed by atoms with van der Waals surface area (Å²) in [4.78, 5) is 0. The summed E-state index contributed by atoms with van der Waals surface area (Å²) < 4.78 is 0. The largest absolute Gasteiger partial charge is 0.396 e. The molecule has 1 N–H and O–H groups in total. The Labute approximate surface area is 63.8 Å². The average molecular weight is 142 g/mol. The van der Waals surface area contributed by atoms with Gasteiger partial charge in [0.25, 0.3) is 0 Å². The van der Waals surface area contributed by atoms with Gasteiger partial charge in [-0.05, 0) is 32.6 Å². The zero-order valence-electron chi connectivity index (χ0n) is 7.22. The van der Waals surface area contributed by atoms with Gasteiger partial charge in [0.1, 0.15) is 0 Å². The Morgan fingerprint density at radius 1 is 1.50 bits per heavy atom. The Hall–Kier alpha value is -0.300. The van der Waals surface area contributed by atoms with Crippen molar-refractivity contribution < 1.29 is 5.11 Å². The molecule has 0 heterocycles. The Balaban J connectivity index is 3.43. The molecule has 0 saturated carbocycles. The molecule has 1 heteroatoms. The first-order chi connectivity index (χ1) is 4.66. The van der Waals surface area contributed by atoms with Crippen molar-refractivity contribution in [2.45, 2.75) is 33.6 Å². The minimum absolute atomic E-state index is 0.320. The van der Waals surface area contributed by atoms with Crippen molar-refractivity contribution in [1.29, 1.82) is 0 Å². The Kier molecular flexibility index (Phi) is 5.32. The third kappa shape index (κ3) is 5.83. The lowest BCUT2D eigenvalue weighted by Crippen LogP contribution is -1.92. The van der Waals surface area contributed by atoms with Gasteiger partial charge in [0.2, 0.25) is 0 Å². The second-order valence-electron chi connectivity index (χ2n) is 3.09. The molecule has 0 aromatic carbocycles. The van der Waals surface area contributed by atoms with E-state index in [0.29, 0.717) is 12.5 Å². The van der Waals surface area contributed by atoms with Crippen LogP contribution in [0.15, 0.2) is 11.6 Å². The van der Waals surface area contributed by atoms with Crippen molar-refractivity contribution in [1.82, 2.24) is 0 Å². The zero-order chi connectivity index (χ0) is 7.98. The molecule has 0 spiro atoms. The molecule has 0 amide bonds. The van der Waals surface area contributed by atoms with E-state index in [1.54, 1.807) is 0 Å². The molecule has 0 aliphatic heterocycles. The second-order valence-corrected chi connectivity index (χ2v) is 3.09. The third-order valence-corrected chi connectivity index (χ3v) is 1.44. The molecule has 0 aliphatic carbocycles. The monoisotopic (exact) mass is 142 g/mol. The van der Waals surface area contributed by atoms with Gasteiger partial charge in [-0.15, -0.1) is 0 Å². The standard InChI is InChI=1S/C9H18O/c1-8(2)7-9(3)5-4-6-10/h7,9-10H,4-6H2,1-3H3. The fourth-order valence-corrected chi connectivity index (χ4v) is 1.07. The summed E-state index contributed by atoms with van der Waals surface area (Å²) >= 11 is 0. The summed E-state index contributed by atoms with van der Waals surface area (Å²) in [5.74, 6) is 0.622. The van der Waals surface area contributed by atoms with Gasteiger partial charge >= 0.3 is 0 Å². The van der Waals surface area contributed by atoms with Crippen LogP contribution < -0.4 is 0 Å². The van der Waals surface area contributed by atoms with Crippen molar-refractivity contribution >= 4 is 0 Å². The van der Waals surface area contributed by atoms with Gasteiger partial charge < -0.3 is 5.11 Å². The van der Waals surface area contributed by atoms with E-state index in [0.717, 1.165) is 12.8 Å². The molecule has 0 fully saturated rings. The topological polar surface area (TPSA) is 20.2 Å². The van der Waals surface area contributed by atoms with Crippen molar-refractivity contribution in [3.63, 3.8) is 0 Å². The highest BCUT2D eigenvalue weighted by molar-refractivity contribution is 4.95. The smallest absolute Gasteiger partial charge is 0.0431 e. The number of hydrogen-bond donors (Lipinski definition) is 1. The summed E-state index contributed by atoms with van der Waals surface area (Å²) in [5.41, 5.74) is 1.37. The molecule has 0 aliphatic rings. The fourth-order valence-electron chi connectivity index (χ4n) is 1.07. The predicted molar refractivity (Wildman–Crippen MR) is 44.9 cm³/mol. The van der Waals surface area contributed by atoms with Gasteiger partial charge in [0.05, 0.1) is 0 Å². The normalized spacial score (nSPS) is 12.8. The van der Waals surface area contributed by atoms with Crippen LogP contribution in [0.2, 0.25) is 0 Å². The predicted octanol–water partition coefficient (Wildman–Crippen LogP) is 2.36. The van der Waals surface area contributed by atoms with E-state index in [2.05, 4.69) is 26.8 Å². The Bertz CT molecular complexity index is 101. The Morgan fingerprint density at radius 3 is 2.50 bits per heavy atom. The van der Waals surface area contributed by atoms with E-state index in [9.17, 15) is 0 Å². The van der Waals surface area contributed by atoms with Crippen molar-refractivity contribution in [3.8, 4) is 0 Å². The minimum Gasteiger partial charge on any atom is -0.396 e. The first kappa shape index (κ1) is 9.70. The molecule has 0 rings (SSSR count). The van der Waals surface area contributed by atoms with Crippen molar-refractivity contribution in [2.24, 2.45) is 5.92 Å². The minimum atomic E-state index is 0.320. The fraction of sp³-hybridized carbons (Fsp3) is 0.778. The lowest BCUT2D eigenvalue weighted by Gasteiger charge is -2.04. The van der Waals surface area contributed by atoms with Gasteiger partial charge in [-0.1, -0.05) is 18.6 Å². The molecule has 0 radical (unpaired) electrons. The first-order valence-electron chi connectivity index (χ1n) is 3.92. The molecule has 10 heavy (non-hydrogen) atoms. The van der Waals surface area contributed by atoms with Crippen LogP contribution in [0.25, 0.3) is 0 Å². The van der Waals surface area contributed by atoms with Crippen molar-refractivity contribution in [3.05, 3.63) is 11.6 Å². The van der Waals surface area contributed by atoms with Gasteiger partial charge in [-0.25, -0.2) is 0 Å². The van der Waals surface area contributed by atoms with Gasteiger partial charge in [-0.3, -0.25) is 0 Å². The number of aliphatic hydroxyl groups excluding tert-OH is 1. The summed E-state index contributed by atoms with van der Waals surface area (Å²) in [6, 6.07) is 0. The van der Waals surface area contributed by atoms with Gasteiger partial charge in [0.15, 0.2) is 0 Å². The molecule has 0 saturated heterocycles. The van der Waals surface area contributed by atoms with E-state index in [4.69, 9.17) is 5.11 Å². The van der Waals surface area contributed by atoms with Crippen LogP contribution in [0.3, 0.4) is 0 Å². The maximum absolute atomic E-state index is 8.53. The maximum atomic E-state index is 8.53. The molecular weight excluding hydrogens is 124 g/mol. The number of rotatable bonds is 4. The van der Waals surface area contributed by atoms with Crippen LogP contribution in [0.4, 0.5) is 0 Å². The van der Waals surface area contributed by atoms with Crippen LogP contribution in [-0.2, 0) is 0 Å². The van der Waals surface area contributed by atoms with Gasteiger partial charge in [0, 0.05) is 6.61 Å². The number of aliphatic hydroxyl groups is 1. The number of hydrogen-bond acceptors (Lipinski definition) is 1. The molecule has 0 bridgehead atoms. The summed E-state index contributed by atoms with van der Waals surface area (Å²) in [6.07, 6.45) is 4.27. The van der Waals surface area contributed by atoms with Gasteiger partial charge in [-0.2, -0.15) is 0 Å². The molecule has 1 atom stereocenters. The summed E-state index contributed by atoms with van der Waals surface area (Å²) in [5, 5.41) is 8.53. The summed E-state index contributed by atoms with van der Waals surface area (Å²) in [6.45, 7) is 6.72. The highest BCUT2D eigenvalue weighted by atomic mass is 16.2. The van der Waals surface area contributed by atoms with Crippen LogP contribution in [0, 0.1) is 5.92 Å². The van der Waals surface area contributed by atoms with Crippen LogP contribution >= 0.6 is 0 Å². The van der Waals surface area contributed by atoms with Crippen LogP contribution in [0.1, 0.15) is 33.6 Å². The molecule has 1 nitrogen and oxygen atoms in total. The van der Waals surface area contributed by atoms with E-state index in [1.807, 2.05) is 0 Å². The van der Waals surface area contributed by atoms with E-state index >= 15 is 0 Å². The van der Waals surface area contributed by atoms with E-state index in [-0.39, 0.29) is 0 Å². The van der Waals surface area contributed by atoms with Crippen LogP contribution in [-0.4, -0.2) is 11.7 Å². The molecule has 0 aromatic heterocycles. The molecule has 60 valence electrons. The highest BCUT2D eigenvalue weighted by Crippen LogP contribution is 2.08. The second kappa shape index (κ2) is 5.48. The molecule has 1 unspecified atom stereocenters. The lowest BCUT2D eigenvalue weighted by atomic mass is 10.0. The molecule has 0 aromatic rings. The quantitative estimate of drug-likeness (QED) is 0.597. The van der Waals surface area contributed by atoms with E-state index in [1.165, 1.54) is 5.57 Å². The van der Waals surface area contributed by atoms with E-state index < -0.39 is 0 Å². The number of allylic oxidation sites excluding steroid dienone is 2. The van der Waals surface area contributed by atoms with Crippen molar-refractivity contribution in [2.75, 3.05) is 6.61 Å². The first-order valence-corrected chi connectivity index (χ1v) is 3.92. The molecular formula is C9H18O. The highest BCUT2D eigenvalue weighted by Gasteiger charge is 1.95. The summed E-state index contributed by atoms with van der Waals surface area (Å²) in [7, 11) is 0. The SMILES string of the molecule is CC(C)=CC(C)CCCO. The van der Waals surface area contributed by atoms with Crippen LogP contribution in [0.5, 0.6) is 0 Å². The third-order valence-electron chi connectivity index (χ3n) is 1.44.